The van der Waals surface area contributed by atoms with Crippen molar-refractivity contribution in [3.63, 3.8) is 0 Å². The molecular weight excluding hydrogens is 540 g/mol. The van der Waals surface area contributed by atoms with Crippen LogP contribution in [0.1, 0.15) is 65.0 Å². The van der Waals surface area contributed by atoms with Crippen LogP contribution >= 0.6 is 0 Å². The van der Waals surface area contributed by atoms with Gasteiger partial charge >= 0.3 is 5.97 Å². The molecule has 0 bridgehead atoms. The van der Waals surface area contributed by atoms with Crippen LogP contribution in [0.25, 0.3) is 22.2 Å². The number of benzene rings is 3. The maximum absolute atomic E-state index is 13.5. The van der Waals surface area contributed by atoms with Gasteiger partial charge in [-0.15, -0.1) is 0 Å². The van der Waals surface area contributed by atoms with Gasteiger partial charge in [0, 0.05) is 16.5 Å². The number of fused-ring (bicyclic) bond motifs is 2. The Labute approximate surface area is 250 Å². The number of carbonyl (C=O) groups is 4. The van der Waals surface area contributed by atoms with E-state index in [9.17, 15) is 19.2 Å². The maximum atomic E-state index is 13.5. The molecule has 7 heteroatoms. The molecule has 2 amide bonds. The minimum Gasteiger partial charge on any atom is -0.451 e. The van der Waals surface area contributed by atoms with Crippen molar-refractivity contribution in [1.29, 1.82) is 0 Å². The number of Topliss-reactive ketones (excluding diaryl/α,β-unsaturated/α-hetero) is 1. The lowest BCUT2D eigenvalue weighted by molar-refractivity contribution is -0.122. The molecule has 0 spiro atoms. The zero-order chi connectivity index (χ0) is 30.4. The summed E-state index contributed by atoms with van der Waals surface area (Å²) in [6, 6.07) is 21.6. The Morgan fingerprint density at radius 2 is 1.53 bits per heavy atom. The number of nitrogens with zero attached hydrogens (tertiary/aromatic N) is 2. The fourth-order valence-electron chi connectivity index (χ4n) is 6.31. The molecule has 0 N–H and O–H groups in total. The fourth-order valence-corrected chi connectivity index (χ4v) is 6.31. The topological polar surface area (TPSA) is 93.6 Å². The van der Waals surface area contributed by atoms with Crippen molar-refractivity contribution in [2.45, 2.75) is 53.1 Å². The molecule has 218 valence electrons. The van der Waals surface area contributed by atoms with Crippen molar-refractivity contribution in [3.8, 4) is 11.3 Å². The van der Waals surface area contributed by atoms with Gasteiger partial charge in [-0.3, -0.25) is 19.3 Å². The molecule has 2 heterocycles. The molecule has 43 heavy (non-hydrogen) atoms. The second-order valence-corrected chi connectivity index (χ2v) is 12.0. The summed E-state index contributed by atoms with van der Waals surface area (Å²) in [5.74, 6) is -1.17. The van der Waals surface area contributed by atoms with Crippen molar-refractivity contribution in [1.82, 2.24) is 4.98 Å². The van der Waals surface area contributed by atoms with Crippen LogP contribution in [0.15, 0.2) is 72.8 Å². The molecule has 2 fully saturated rings. The van der Waals surface area contributed by atoms with Crippen molar-refractivity contribution < 1.29 is 23.9 Å². The van der Waals surface area contributed by atoms with Crippen molar-refractivity contribution in [2.24, 2.45) is 17.8 Å². The van der Waals surface area contributed by atoms with E-state index < -0.39 is 12.1 Å². The molecule has 1 aromatic heterocycles. The first-order valence-corrected chi connectivity index (χ1v) is 14.8. The molecule has 6 rings (SSSR count). The molecule has 3 aromatic carbocycles. The highest BCUT2D eigenvalue weighted by Gasteiger charge is 2.49. The number of anilines is 1. The van der Waals surface area contributed by atoms with Crippen molar-refractivity contribution in [3.05, 3.63) is 95.1 Å². The monoisotopic (exact) mass is 574 g/mol. The molecule has 2 aliphatic rings. The number of amides is 2. The number of aromatic nitrogens is 1. The number of ether oxygens (including phenoxy) is 1. The summed E-state index contributed by atoms with van der Waals surface area (Å²) in [7, 11) is 0. The second-order valence-electron chi connectivity index (χ2n) is 12.0. The fraction of sp³-hybridized carbons (Fsp3) is 0.306. The van der Waals surface area contributed by atoms with Crippen LogP contribution < -0.4 is 4.90 Å². The highest BCUT2D eigenvalue weighted by Crippen LogP contribution is 2.42. The third-order valence-corrected chi connectivity index (χ3v) is 8.78. The second kappa shape index (κ2) is 11.2. The minimum atomic E-state index is -0.979. The van der Waals surface area contributed by atoms with Gasteiger partial charge in [0.05, 0.1) is 34.3 Å². The number of hydrogen-bond acceptors (Lipinski definition) is 6. The number of carbonyl (C=O) groups excluding carboxylic acids is 4. The Morgan fingerprint density at radius 3 is 2.26 bits per heavy atom. The van der Waals surface area contributed by atoms with Gasteiger partial charge in [-0.2, -0.15) is 0 Å². The highest BCUT2D eigenvalue weighted by atomic mass is 16.5. The van der Waals surface area contributed by atoms with Crippen LogP contribution in [0.4, 0.5) is 5.69 Å². The van der Waals surface area contributed by atoms with Gasteiger partial charge in [-0.1, -0.05) is 60.5 Å². The molecule has 1 aliphatic carbocycles. The van der Waals surface area contributed by atoms with Gasteiger partial charge < -0.3 is 4.74 Å². The van der Waals surface area contributed by atoms with Crippen molar-refractivity contribution in [2.75, 3.05) is 4.90 Å². The molecule has 4 aromatic rings. The normalized spacial score (nSPS) is 20.7. The van der Waals surface area contributed by atoms with E-state index >= 15 is 0 Å². The number of pyridine rings is 1. The summed E-state index contributed by atoms with van der Waals surface area (Å²) in [5.41, 5.74) is 5.18. The Bertz CT molecular complexity index is 1760. The smallest absolute Gasteiger partial charge is 0.339 e. The first-order valence-electron chi connectivity index (χ1n) is 14.8. The Balaban J connectivity index is 1.29. The lowest BCUT2D eigenvalue weighted by Gasteiger charge is -2.25. The molecular formula is C36H34N2O5. The van der Waals surface area contributed by atoms with E-state index in [0.717, 1.165) is 30.4 Å². The van der Waals surface area contributed by atoms with E-state index in [-0.39, 0.29) is 29.4 Å². The first-order chi connectivity index (χ1) is 20.6. The summed E-state index contributed by atoms with van der Waals surface area (Å²) in [6.45, 7) is 7.58. The SMILES string of the molecule is Cc1ccc(C(=O)[C@H](C)OC(=O)c2cc(-c3ccc(N4C(=O)[C@H]5CC[C@@H](C)C[C@@H]5C4=O)cc3)nc3ccc(C)cc23)cc1. The lowest BCUT2D eigenvalue weighted by atomic mass is 9.76. The summed E-state index contributed by atoms with van der Waals surface area (Å²) in [6.07, 6.45) is 1.48. The predicted octanol–water partition coefficient (Wildman–Crippen LogP) is 6.87. The summed E-state index contributed by atoms with van der Waals surface area (Å²) < 4.78 is 5.69. The van der Waals surface area contributed by atoms with Crippen LogP contribution in [0.3, 0.4) is 0 Å². The zero-order valence-corrected chi connectivity index (χ0v) is 24.8. The highest BCUT2D eigenvalue weighted by molar-refractivity contribution is 6.22. The molecule has 7 nitrogen and oxygen atoms in total. The van der Waals surface area contributed by atoms with Gasteiger partial charge in [0.2, 0.25) is 17.6 Å². The third kappa shape index (κ3) is 5.36. The van der Waals surface area contributed by atoms with E-state index in [1.165, 1.54) is 4.90 Å². The quantitative estimate of drug-likeness (QED) is 0.142. The zero-order valence-electron chi connectivity index (χ0n) is 24.8. The van der Waals surface area contributed by atoms with Crippen LogP contribution in [0, 0.1) is 31.6 Å². The summed E-state index contributed by atoms with van der Waals surface area (Å²) in [5, 5.41) is 0.630. The number of imide groups is 1. The third-order valence-electron chi connectivity index (χ3n) is 8.78. The van der Waals surface area contributed by atoms with Crippen molar-refractivity contribution >= 4 is 40.2 Å². The molecule has 0 unspecified atom stereocenters. The maximum Gasteiger partial charge on any atom is 0.339 e. The van der Waals surface area contributed by atoms with Gasteiger partial charge in [0.25, 0.3) is 0 Å². The van der Waals surface area contributed by atoms with E-state index in [2.05, 4.69) is 6.92 Å². The summed E-state index contributed by atoms with van der Waals surface area (Å²) in [4.78, 5) is 59.0. The first kappa shape index (κ1) is 28.5. The summed E-state index contributed by atoms with van der Waals surface area (Å²) >= 11 is 0. The average Bonchev–Trinajstić information content (AvgIpc) is 3.25. The van der Waals surface area contributed by atoms with Gasteiger partial charge in [-0.05, 0) is 76.3 Å². The number of aryl methyl sites for hydroxylation is 2. The van der Waals surface area contributed by atoms with E-state index in [1.807, 2.05) is 56.3 Å². The standard InChI is InChI=1S/C36H34N2O5/c1-20-5-9-25(10-6-20)33(39)23(4)43-36(42)30-19-32(37-31-16-8-22(3)17-28(30)31)24-11-13-26(14-12-24)38-34(40)27-15-7-21(2)18-29(27)35(38)41/h5-6,8-14,16-17,19,21,23,27,29H,7,15,18H2,1-4H3/t21-,23+,27+,29+/m1/s1. The number of ketones is 1. The van der Waals surface area contributed by atoms with E-state index in [4.69, 9.17) is 9.72 Å². The predicted molar refractivity (Wildman–Crippen MR) is 165 cm³/mol. The Kier molecular flexibility index (Phi) is 7.42. The van der Waals surface area contributed by atoms with Gasteiger partial charge in [0.15, 0.2) is 6.10 Å². The largest absolute Gasteiger partial charge is 0.451 e. The minimum absolute atomic E-state index is 0.117. The van der Waals surface area contributed by atoms with E-state index in [0.29, 0.717) is 44.9 Å². The van der Waals surface area contributed by atoms with Gasteiger partial charge in [-0.25, -0.2) is 9.78 Å². The number of esters is 1. The molecule has 4 atom stereocenters. The lowest BCUT2D eigenvalue weighted by Crippen LogP contribution is -2.30. The van der Waals surface area contributed by atoms with Crippen LogP contribution in [0.5, 0.6) is 0 Å². The Hall–Kier alpha value is -4.65. The van der Waals surface area contributed by atoms with Crippen LogP contribution in [0.2, 0.25) is 0 Å². The molecule has 1 saturated heterocycles. The van der Waals surface area contributed by atoms with Crippen LogP contribution in [-0.2, 0) is 14.3 Å². The number of rotatable bonds is 6. The van der Waals surface area contributed by atoms with Crippen LogP contribution in [-0.4, -0.2) is 34.7 Å². The van der Waals surface area contributed by atoms with E-state index in [1.54, 1.807) is 37.3 Å². The van der Waals surface area contributed by atoms with Gasteiger partial charge in [0.1, 0.15) is 0 Å². The average molecular weight is 575 g/mol. The molecule has 1 saturated carbocycles. The molecule has 1 aliphatic heterocycles. The Morgan fingerprint density at radius 1 is 0.860 bits per heavy atom. The number of hydrogen-bond donors (Lipinski definition) is 0. The molecule has 0 radical (unpaired) electrons.